The van der Waals surface area contributed by atoms with Crippen LogP contribution in [0.1, 0.15) is 26.3 Å². The lowest BCUT2D eigenvalue weighted by molar-refractivity contribution is 0.0786. The SMILES string of the molecule is CN(Cc1ccccc1)C(=O)c1ccccc1NC(=O)c1ccc(Cl)c(Cl)c1. The normalized spacial score (nSPS) is 10.4. The number of hydrogen-bond donors (Lipinski definition) is 1. The van der Waals surface area contributed by atoms with Crippen LogP contribution in [0.15, 0.2) is 72.8 Å². The van der Waals surface area contributed by atoms with Gasteiger partial charge in [-0.2, -0.15) is 0 Å². The van der Waals surface area contributed by atoms with Crippen molar-refractivity contribution in [1.82, 2.24) is 4.90 Å². The molecule has 3 aromatic carbocycles. The molecule has 0 unspecified atom stereocenters. The summed E-state index contributed by atoms with van der Waals surface area (Å²) in [4.78, 5) is 27.1. The highest BCUT2D eigenvalue weighted by Gasteiger charge is 2.18. The number of amides is 2. The molecule has 0 saturated heterocycles. The van der Waals surface area contributed by atoms with E-state index in [0.29, 0.717) is 33.4 Å². The number of anilines is 1. The summed E-state index contributed by atoms with van der Waals surface area (Å²) in [5, 5.41) is 3.45. The molecule has 0 aliphatic heterocycles. The third-order valence-corrected chi connectivity index (χ3v) is 4.94. The molecule has 1 N–H and O–H groups in total. The standard InChI is InChI=1S/C22H18Cl2N2O2/c1-26(14-15-7-3-2-4-8-15)22(28)17-9-5-6-10-20(17)25-21(27)16-11-12-18(23)19(24)13-16/h2-13H,14H2,1H3,(H,25,27). The van der Waals surface area contributed by atoms with E-state index in [1.54, 1.807) is 48.3 Å². The van der Waals surface area contributed by atoms with Crippen molar-refractivity contribution >= 4 is 40.7 Å². The first-order chi connectivity index (χ1) is 13.5. The fraction of sp³-hybridized carbons (Fsp3) is 0.0909. The molecule has 0 heterocycles. The van der Waals surface area contributed by atoms with Crippen molar-refractivity contribution in [2.24, 2.45) is 0 Å². The van der Waals surface area contributed by atoms with Crippen LogP contribution in [0.2, 0.25) is 10.0 Å². The second-order valence-corrected chi connectivity index (χ2v) is 7.09. The molecule has 2 amide bonds. The van der Waals surface area contributed by atoms with Gasteiger partial charge in [0.15, 0.2) is 0 Å². The molecule has 0 aliphatic rings. The average molecular weight is 413 g/mol. The lowest BCUT2D eigenvalue weighted by Gasteiger charge is -2.19. The molecular formula is C22H18Cl2N2O2. The summed E-state index contributed by atoms with van der Waals surface area (Å²) in [7, 11) is 1.73. The number of benzene rings is 3. The molecule has 28 heavy (non-hydrogen) atoms. The highest BCUT2D eigenvalue weighted by atomic mass is 35.5. The highest BCUT2D eigenvalue weighted by molar-refractivity contribution is 6.42. The van der Waals surface area contributed by atoms with Gasteiger partial charge in [0, 0.05) is 19.2 Å². The minimum Gasteiger partial charge on any atom is -0.337 e. The lowest BCUT2D eigenvalue weighted by atomic mass is 10.1. The van der Waals surface area contributed by atoms with Gasteiger partial charge in [0.25, 0.3) is 11.8 Å². The first-order valence-electron chi connectivity index (χ1n) is 8.60. The second kappa shape index (κ2) is 8.91. The molecule has 142 valence electrons. The number of nitrogens with one attached hydrogen (secondary N) is 1. The number of halogens is 2. The molecule has 4 nitrogen and oxygen atoms in total. The van der Waals surface area contributed by atoms with Crippen LogP contribution in [0.3, 0.4) is 0 Å². The monoisotopic (exact) mass is 412 g/mol. The van der Waals surface area contributed by atoms with Crippen LogP contribution < -0.4 is 5.32 Å². The maximum atomic E-state index is 12.9. The van der Waals surface area contributed by atoms with E-state index in [1.165, 1.54) is 6.07 Å². The van der Waals surface area contributed by atoms with Gasteiger partial charge in [-0.25, -0.2) is 0 Å². The maximum Gasteiger partial charge on any atom is 0.256 e. The Kier molecular flexibility index (Phi) is 6.34. The first kappa shape index (κ1) is 19.9. The zero-order valence-corrected chi connectivity index (χ0v) is 16.7. The molecule has 6 heteroatoms. The highest BCUT2D eigenvalue weighted by Crippen LogP contribution is 2.24. The van der Waals surface area contributed by atoms with Crippen LogP contribution in [-0.4, -0.2) is 23.8 Å². The Labute approximate surface area is 173 Å². The van der Waals surface area contributed by atoms with Gasteiger partial charge >= 0.3 is 0 Å². The van der Waals surface area contributed by atoms with E-state index in [9.17, 15) is 9.59 Å². The maximum absolute atomic E-state index is 12.9. The fourth-order valence-corrected chi connectivity index (χ4v) is 3.04. The topological polar surface area (TPSA) is 49.4 Å². The summed E-state index contributed by atoms with van der Waals surface area (Å²) >= 11 is 11.9. The van der Waals surface area contributed by atoms with Gasteiger partial charge in [-0.15, -0.1) is 0 Å². The lowest BCUT2D eigenvalue weighted by Crippen LogP contribution is -2.27. The van der Waals surface area contributed by atoms with Gasteiger partial charge in [0.05, 0.1) is 21.3 Å². The Bertz CT molecular complexity index is 1010. The third kappa shape index (κ3) is 4.71. The van der Waals surface area contributed by atoms with Crippen LogP contribution >= 0.6 is 23.2 Å². The van der Waals surface area contributed by atoms with E-state index < -0.39 is 0 Å². The van der Waals surface area contributed by atoms with E-state index >= 15 is 0 Å². The van der Waals surface area contributed by atoms with E-state index in [4.69, 9.17) is 23.2 Å². The quantitative estimate of drug-likeness (QED) is 0.599. The van der Waals surface area contributed by atoms with E-state index in [-0.39, 0.29) is 11.8 Å². The summed E-state index contributed by atoms with van der Waals surface area (Å²) in [5.74, 6) is -0.557. The summed E-state index contributed by atoms with van der Waals surface area (Å²) in [6, 6.07) is 21.2. The van der Waals surface area contributed by atoms with Gasteiger partial charge in [0.2, 0.25) is 0 Å². The number of carbonyl (C=O) groups is 2. The molecule has 0 aliphatic carbocycles. The summed E-state index contributed by atoms with van der Waals surface area (Å²) in [5.41, 5.74) is 2.22. The fourth-order valence-electron chi connectivity index (χ4n) is 2.75. The minimum atomic E-state index is -0.371. The van der Waals surface area contributed by atoms with Crippen molar-refractivity contribution < 1.29 is 9.59 Å². The molecule has 0 saturated carbocycles. The molecule has 0 fully saturated rings. The smallest absolute Gasteiger partial charge is 0.256 e. The van der Waals surface area contributed by atoms with Crippen LogP contribution in [0.4, 0.5) is 5.69 Å². The predicted molar refractivity (Wildman–Crippen MR) is 113 cm³/mol. The average Bonchev–Trinajstić information content (AvgIpc) is 2.70. The molecule has 0 spiro atoms. The zero-order valence-electron chi connectivity index (χ0n) is 15.2. The predicted octanol–water partition coefficient (Wildman–Crippen LogP) is 5.52. The van der Waals surface area contributed by atoms with Crippen molar-refractivity contribution in [2.75, 3.05) is 12.4 Å². The number of hydrogen-bond acceptors (Lipinski definition) is 2. The Balaban J connectivity index is 1.79. The van der Waals surface area contributed by atoms with E-state index in [1.807, 2.05) is 30.3 Å². The molecule has 0 bridgehead atoms. The van der Waals surface area contributed by atoms with Crippen LogP contribution in [0.25, 0.3) is 0 Å². The second-order valence-electron chi connectivity index (χ2n) is 6.28. The minimum absolute atomic E-state index is 0.186. The van der Waals surface area contributed by atoms with Crippen molar-refractivity contribution in [3.63, 3.8) is 0 Å². The van der Waals surface area contributed by atoms with Crippen LogP contribution in [-0.2, 0) is 6.54 Å². The summed E-state index contributed by atoms with van der Waals surface area (Å²) < 4.78 is 0. The summed E-state index contributed by atoms with van der Waals surface area (Å²) in [6.45, 7) is 0.467. The zero-order chi connectivity index (χ0) is 20.1. The Morgan fingerprint density at radius 1 is 0.893 bits per heavy atom. The largest absolute Gasteiger partial charge is 0.337 e. The van der Waals surface area contributed by atoms with Gasteiger partial charge in [-0.05, 0) is 35.9 Å². The molecular weight excluding hydrogens is 395 g/mol. The molecule has 0 aromatic heterocycles. The van der Waals surface area contributed by atoms with E-state index in [2.05, 4.69) is 5.32 Å². The number of nitrogens with zero attached hydrogens (tertiary/aromatic N) is 1. The Morgan fingerprint density at radius 3 is 2.29 bits per heavy atom. The van der Waals surface area contributed by atoms with Crippen LogP contribution in [0.5, 0.6) is 0 Å². The molecule has 3 rings (SSSR count). The van der Waals surface area contributed by atoms with E-state index in [0.717, 1.165) is 5.56 Å². The molecule has 3 aromatic rings. The molecule has 0 radical (unpaired) electrons. The van der Waals surface area contributed by atoms with Gasteiger partial charge in [-0.3, -0.25) is 9.59 Å². The van der Waals surface area contributed by atoms with Gasteiger partial charge < -0.3 is 10.2 Å². The van der Waals surface area contributed by atoms with Crippen molar-refractivity contribution in [3.8, 4) is 0 Å². The number of para-hydroxylation sites is 1. The Hall–Kier alpha value is -2.82. The van der Waals surface area contributed by atoms with Crippen LogP contribution in [0, 0.1) is 0 Å². The van der Waals surface area contributed by atoms with Gasteiger partial charge in [0.1, 0.15) is 0 Å². The first-order valence-corrected chi connectivity index (χ1v) is 9.36. The van der Waals surface area contributed by atoms with Gasteiger partial charge in [-0.1, -0.05) is 65.7 Å². The summed E-state index contributed by atoms with van der Waals surface area (Å²) in [6.07, 6.45) is 0. The van der Waals surface area contributed by atoms with Crippen molar-refractivity contribution in [3.05, 3.63) is 99.5 Å². The number of rotatable bonds is 5. The third-order valence-electron chi connectivity index (χ3n) is 4.20. The number of carbonyl (C=O) groups excluding carboxylic acids is 2. The Morgan fingerprint density at radius 2 is 1.57 bits per heavy atom. The van der Waals surface area contributed by atoms with Crippen molar-refractivity contribution in [1.29, 1.82) is 0 Å². The van der Waals surface area contributed by atoms with Crippen molar-refractivity contribution in [2.45, 2.75) is 6.54 Å². The molecule has 0 atom stereocenters.